The number of carbonyl (C=O) groups excluding carboxylic acids is 1. The number of morpholine rings is 1. The molecule has 0 bridgehead atoms. The van der Waals surface area contributed by atoms with E-state index in [0.717, 1.165) is 44.3 Å². The van der Waals surface area contributed by atoms with Gasteiger partial charge in [0.15, 0.2) is 6.61 Å². The second-order valence-electron chi connectivity index (χ2n) is 5.98. The van der Waals surface area contributed by atoms with Crippen molar-refractivity contribution in [3.05, 3.63) is 54.6 Å². The van der Waals surface area contributed by atoms with Crippen molar-refractivity contribution in [2.45, 2.75) is 0 Å². The Morgan fingerprint density at radius 3 is 2.35 bits per heavy atom. The Morgan fingerprint density at radius 2 is 1.62 bits per heavy atom. The van der Waals surface area contributed by atoms with E-state index in [1.54, 1.807) is 12.1 Å². The predicted molar refractivity (Wildman–Crippen MR) is 98.7 cm³/mol. The van der Waals surface area contributed by atoms with E-state index in [-0.39, 0.29) is 12.5 Å². The SMILES string of the molecule is O=C(COc1ccc(Oc2ccccc2)cc1)NCCN1CCOCC1. The van der Waals surface area contributed by atoms with Gasteiger partial charge in [0.05, 0.1) is 13.2 Å². The monoisotopic (exact) mass is 356 g/mol. The van der Waals surface area contributed by atoms with Crippen LogP contribution in [0.1, 0.15) is 0 Å². The van der Waals surface area contributed by atoms with Crippen LogP contribution in [0.4, 0.5) is 0 Å². The summed E-state index contributed by atoms with van der Waals surface area (Å²) in [6, 6.07) is 16.8. The molecule has 1 aliphatic heterocycles. The fourth-order valence-corrected chi connectivity index (χ4v) is 2.61. The summed E-state index contributed by atoms with van der Waals surface area (Å²) >= 11 is 0. The number of ether oxygens (including phenoxy) is 3. The summed E-state index contributed by atoms with van der Waals surface area (Å²) in [5.74, 6) is 2.01. The van der Waals surface area contributed by atoms with E-state index >= 15 is 0 Å². The van der Waals surface area contributed by atoms with Gasteiger partial charge in [-0.15, -0.1) is 0 Å². The maximum absolute atomic E-state index is 11.9. The van der Waals surface area contributed by atoms with Crippen LogP contribution in [-0.2, 0) is 9.53 Å². The molecule has 6 heteroatoms. The van der Waals surface area contributed by atoms with Crippen LogP contribution >= 0.6 is 0 Å². The molecule has 26 heavy (non-hydrogen) atoms. The third-order valence-electron chi connectivity index (χ3n) is 4.03. The van der Waals surface area contributed by atoms with Gasteiger partial charge in [0.1, 0.15) is 17.2 Å². The number of hydrogen-bond donors (Lipinski definition) is 1. The summed E-state index contributed by atoms with van der Waals surface area (Å²) in [5.41, 5.74) is 0. The Balaban J connectivity index is 1.35. The molecule has 1 aliphatic rings. The summed E-state index contributed by atoms with van der Waals surface area (Å²) in [6.45, 7) is 4.82. The first-order valence-corrected chi connectivity index (χ1v) is 8.82. The molecule has 0 aliphatic carbocycles. The Kier molecular flexibility index (Phi) is 6.87. The van der Waals surface area contributed by atoms with Crippen molar-refractivity contribution in [2.24, 2.45) is 0 Å². The van der Waals surface area contributed by atoms with Crippen LogP contribution in [0.2, 0.25) is 0 Å². The van der Waals surface area contributed by atoms with E-state index in [9.17, 15) is 4.79 Å². The highest BCUT2D eigenvalue weighted by Crippen LogP contribution is 2.23. The first kappa shape index (κ1) is 18.2. The summed E-state index contributed by atoms with van der Waals surface area (Å²) in [5, 5.41) is 2.87. The van der Waals surface area contributed by atoms with Crippen LogP contribution in [0.5, 0.6) is 17.2 Å². The molecule has 0 unspecified atom stereocenters. The molecule has 0 radical (unpaired) electrons. The van der Waals surface area contributed by atoms with Gasteiger partial charge >= 0.3 is 0 Å². The fourth-order valence-electron chi connectivity index (χ4n) is 2.61. The van der Waals surface area contributed by atoms with Gasteiger partial charge < -0.3 is 19.5 Å². The van der Waals surface area contributed by atoms with Crippen molar-refractivity contribution in [1.82, 2.24) is 10.2 Å². The zero-order valence-corrected chi connectivity index (χ0v) is 14.7. The standard InChI is InChI=1S/C20H24N2O4/c23-20(21-10-11-22-12-14-24-15-13-22)16-25-17-6-8-19(9-7-17)26-18-4-2-1-3-5-18/h1-9H,10-16H2,(H,21,23). The summed E-state index contributed by atoms with van der Waals surface area (Å²) < 4.78 is 16.5. The Hall–Kier alpha value is -2.57. The van der Waals surface area contributed by atoms with E-state index in [1.807, 2.05) is 42.5 Å². The lowest BCUT2D eigenvalue weighted by molar-refractivity contribution is -0.123. The number of rotatable bonds is 8. The van der Waals surface area contributed by atoms with Crippen LogP contribution in [0, 0.1) is 0 Å². The highest BCUT2D eigenvalue weighted by Gasteiger charge is 2.10. The quantitative estimate of drug-likeness (QED) is 0.787. The number of amides is 1. The molecule has 0 saturated carbocycles. The zero-order valence-electron chi connectivity index (χ0n) is 14.7. The molecular formula is C20H24N2O4. The Bertz CT molecular complexity index is 670. The number of para-hydroxylation sites is 1. The van der Waals surface area contributed by atoms with Crippen LogP contribution in [0.3, 0.4) is 0 Å². The minimum atomic E-state index is -0.122. The van der Waals surface area contributed by atoms with Gasteiger partial charge in [0.25, 0.3) is 5.91 Å². The van der Waals surface area contributed by atoms with E-state index in [2.05, 4.69) is 10.2 Å². The highest BCUT2D eigenvalue weighted by molar-refractivity contribution is 5.77. The van der Waals surface area contributed by atoms with Gasteiger partial charge in [0, 0.05) is 26.2 Å². The molecule has 138 valence electrons. The molecule has 0 spiro atoms. The van der Waals surface area contributed by atoms with E-state index in [1.165, 1.54) is 0 Å². The number of benzene rings is 2. The molecule has 1 heterocycles. The molecule has 2 aromatic carbocycles. The van der Waals surface area contributed by atoms with E-state index < -0.39 is 0 Å². The minimum absolute atomic E-state index is 0.00198. The van der Waals surface area contributed by atoms with Crippen LogP contribution < -0.4 is 14.8 Å². The van der Waals surface area contributed by atoms with Crippen molar-refractivity contribution < 1.29 is 19.0 Å². The highest BCUT2D eigenvalue weighted by atomic mass is 16.5. The minimum Gasteiger partial charge on any atom is -0.484 e. The van der Waals surface area contributed by atoms with Gasteiger partial charge in [-0.05, 0) is 36.4 Å². The van der Waals surface area contributed by atoms with Crippen molar-refractivity contribution >= 4 is 5.91 Å². The summed E-state index contributed by atoms with van der Waals surface area (Å²) in [7, 11) is 0. The number of hydrogen-bond acceptors (Lipinski definition) is 5. The van der Waals surface area contributed by atoms with E-state index in [0.29, 0.717) is 12.3 Å². The molecular weight excluding hydrogens is 332 g/mol. The van der Waals surface area contributed by atoms with E-state index in [4.69, 9.17) is 14.2 Å². The van der Waals surface area contributed by atoms with Gasteiger partial charge in [-0.3, -0.25) is 9.69 Å². The largest absolute Gasteiger partial charge is 0.484 e. The van der Waals surface area contributed by atoms with Gasteiger partial charge in [-0.1, -0.05) is 18.2 Å². The van der Waals surface area contributed by atoms with Crippen molar-refractivity contribution in [2.75, 3.05) is 46.0 Å². The average Bonchev–Trinajstić information content (AvgIpc) is 2.69. The molecule has 0 atom stereocenters. The average molecular weight is 356 g/mol. The molecule has 6 nitrogen and oxygen atoms in total. The third kappa shape index (κ3) is 6.06. The Morgan fingerprint density at radius 1 is 0.962 bits per heavy atom. The van der Waals surface area contributed by atoms with Gasteiger partial charge in [-0.25, -0.2) is 0 Å². The predicted octanol–water partition coefficient (Wildman–Crippen LogP) is 2.31. The Labute approximate surface area is 153 Å². The van der Waals surface area contributed by atoms with Crippen LogP contribution in [0.15, 0.2) is 54.6 Å². The molecule has 0 aromatic heterocycles. The lowest BCUT2D eigenvalue weighted by atomic mass is 10.3. The molecule has 3 rings (SSSR count). The number of carbonyl (C=O) groups is 1. The van der Waals surface area contributed by atoms with Crippen molar-refractivity contribution in [3.8, 4) is 17.2 Å². The van der Waals surface area contributed by atoms with Crippen LogP contribution in [-0.4, -0.2) is 56.8 Å². The van der Waals surface area contributed by atoms with Gasteiger partial charge in [-0.2, -0.15) is 0 Å². The first-order chi connectivity index (χ1) is 12.8. The van der Waals surface area contributed by atoms with Crippen LogP contribution in [0.25, 0.3) is 0 Å². The summed E-state index contributed by atoms with van der Waals surface area (Å²) in [6.07, 6.45) is 0. The smallest absolute Gasteiger partial charge is 0.257 e. The lowest BCUT2D eigenvalue weighted by Gasteiger charge is -2.26. The molecule has 1 N–H and O–H groups in total. The van der Waals surface area contributed by atoms with Gasteiger partial charge in [0.2, 0.25) is 0 Å². The zero-order chi connectivity index (χ0) is 18.0. The van der Waals surface area contributed by atoms with Crippen molar-refractivity contribution in [1.29, 1.82) is 0 Å². The first-order valence-electron chi connectivity index (χ1n) is 8.82. The normalized spacial score (nSPS) is 14.6. The topological polar surface area (TPSA) is 60.0 Å². The fraction of sp³-hybridized carbons (Fsp3) is 0.350. The third-order valence-corrected chi connectivity index (χ3v) is 4.03. The van der Waals surface area contributed by atoms with Crippen molar-refractivity contribution in [3.63, 3.8) is 0 Å². The molecule has 2 aromatic rings. The number of nitrogens with one attached hydrogen (secondary N) is 1. The number of nitrogens with zero attached hydrogens (tertiary/aromatic N) is 1. The maximum Gasteiger partial charge on any atom is 0.257 e. The summed E-state index contributed by atoms with van der Waals surface area (Å²) in [4.78, 5) is 14.1. The molecule has 1 amide bonds. The second-order valence-corrected chi connectivity index (χ2v) is 5.98. The molecule has 1 saturated heterocycles. The molecule has 1 fully saturated rings. The lowest BCUT2D eigenvalue weighted by Crippen LogP contribution is -2.42. The maximum atomic E-state index is 11.9. The second kappa shape index (κ2) is 9.79.